The van der Waals surface area contributed by atoms with Crippen molar-refractivity contribution in [1.82, 2.24) is 0 Å². The molecule has 6 nitrogen and oxygen atoms in total. The van der Waals surface area contributed by atoms with Crippen LogP contribution >= 0.6 is 0 Å². The number of nitrogens with one attached hydrogen (secondary N) is 1. The molecule has 0 saturated carbocycles. The van der Waals surface area contributed by atoms with Crippen molar-refractivity contribution in [2.45, 2.75) is 45.1 Å². The van der Waals surface area contributed by atoms with E-state index in [0.717, 1.165) is 24.5 Å². The zero-order valence-corrected chi connectivity index (χ0v) is 17.5. The number of hydrogen-bond donors (Lipinski definition) is 1. The van der Waals surface area contributed by atoms with Gasteiger partial charge in [-0.15, -0.1) is 0 Å². The van der Waals surface area contributed by atoms with Crippen molar-refractivity contribution >= 4 is 28.9 Å². The van der Waals surface area contributed by atoms with Crippen molar-refractivity contribution in [2.24, 2.45) is 0 Å². The standard InChI is InChI=1S/C24H29N3O3/c1-2-21-24(29)27(20-8-4-5-9-22(20)30-21)17-14-23(28)25-18-10-12-19(13-11-18)26-15-6-3-7-16-26/h4-5,8-13,21H,2-3,6-7,14-17H2,1H3,(H,25,28). The second kappa shape index (κ2) is 9.20. The van der Waals surface area contributed by atoms with E-state index in [0.29, 0.717) is 18.7 Å². The summed E-state index contributed by atoms with van der Waals surface area (Å²) in [5.41, 5.74) is 2.71. The Balaban J connectivity index is 1.36. The summed E-state index contributed by atoms with van der Waals surface area (Å²) in [6.45, 7) is 4.45. The van der Waals surface area contributed by atoms with Crippen LogP contribution in [0.5, 0.6) is 5.75 Å². The number of benzene rings is 2. The van der Waals surface area contributed by atoms with Crippen LogP contribution in [0.25, 0.3) is 0 Å². The highest BCUT2D eigenvalue weighted by atomic mass is 16.5. The molecule has 2 amide bonds. The van der Waals surface area contributed by atoms with Gasteiger partial charge in [-0.05, 0) is 62.1 Å². The van der Waals surface area contributed by atoms with E-state index in [-0.39, 0.29) is 18.2 Å². The summed E-state index contributed by atoms with van der Waals surface area (Å²) in [5, 5.41) is 2.95. The number of nitrogens with zero attached hydrogens (tertiary/aromatic N) is 2. The number of carbonyl (C=O) groups is 2. The third kappa shape index (κ3) is 4.42. The average molecular weight is 408 g/mol. The second-order valence-electron chi connectivity index (χ2n) is 7.87. The highest BCUT2D eigenvalue weighted by Gasteiger charge is 2.33. The predicted octanol–water partition coefficient (Wildman–Crippen LogP) is 4.21. The minimum absolute atomic E-state index is 0.0881. The van der Waals surface area contributed by atoms with Crippen molar-refractivity contribution in [1.29, 1.82) is 0 Å². The largest absolute Gasteiger partial charge is 0.478 e. The smallest absolute Gasteiger partial charge is 0.268 e. The first kappa shape index (κ1) is 20.3. The Hall–Kier alpha value is -3.02. The number of amides is 2. The Bertz CT molecular complexity index is 891. The Morgan fingerprint density at radius 3 is 2.53 bits per heavy atom. The van der Waals surface area contributed by atoms with Crippen LogP contribution < -0.4 is 19.9 Å². The molecular weight excluding hydrogens is 378 g/mol. The molecule has 1 atom stereocenters. The van der Waals surface area contributed by atoms with Crippen LogP contribution in [-0.4, -0.2) is 37.6 Å². The van der Waals surface area contributed by atoms with E-state index in [4.69, 9.17) is 4.74 Å². The van der Waals surface area contributed by atoms with E-state index < -0.39 is 6.10 Å². The van der Waals surface area contributed by atoms with Crippen molar-refractivity contribution in [3.05, 3.63) is 48.5 Å². The fraction of sp³-hybridized carbons (Fsp3) is 0.417. The normalized spacial score (nSPS) is 18.6. The fourth-order valence-electron chi connectivity index (χ4n) is 4.11. The van der Waals surface area contributed by atoms with Crippen LogP contribution in [0.4, 0.5) is 17.1 Å². The van der Waals surface area contributed by atoms with Gasteiger partial charge in [-0.3, -0.25) is 9.59 Å². The maximum Gasteiger partial charge on any atom is 0.268 e. The van der Waals surface area contributed by atoms with Crippen LogP contribution in [0, 0.1) is 0 Å². The van der Waals surface area contributed by atoms with Gasteiger partial charge in [0, 0.05) is 37.4 Å². The summed E-state index contributed by atoms with van der Waals surface area (Å²) in [4.78, 5) is 29.3. The third-order valence-electron chi connectivity index (χ3n) is 5.77. The monoisotopic (exact) mass is 407 g/mol. The second-order valence-corrected chi connectivity index (χ2v) is 7.87. The predicted molar refractivity (Wildman–Crippen MR) is 119 cm³/mol. The molecule has 2 aliphatic rings. The van der Waals surface area contributed by atoms with Gasteiger partial charge in [0.1, 0.15) is 5.75 Å². The number of piperidine rings is 1. The van der Waals surface area contributed by atoms with E-state index >= 15 is 0 Å². The third-order valence-corrected chi connectivity index (χ3v) is 5.77. The molecule has 1 N–H and O–H groups in total. The molecule has 30 heavy (non-hydrogen) atoms. The molecule has 0 aromatic heterocycles. The molecular formula is C24H29N3O3. The lowest BCUT2D eigenvalue weighted by Crippen LogP contribution is -2.46. The van der Waals surface area contributed by atoms with Crippen LogP contribution in [0.3, 0.4) is 0 Å². The van der Waals surface area contributed by atoms with Gasteiger partial charge in [0.25, 0.3) is 5.91 Å². The summed E-state index contributed by atoms with van der Waals surface area (Å²) in [5.74, 6) is 0.498. The zero-order valence-electron chi connectivity index (χ0n) is 17.5. The number of carbonyl (C=O) groups excluding carboxylic acids is 2. The number of anilines is 3. The van der Waals surface area contributed by atoms with E-state index in [1.165, 1.54) is 24.9 Å². The van der Waals surface area contributed by atoms with E-state index in [9.17, 15) is 9.59 Å². The summed E-state index contributed by atoms with van der Waals surface area (Å²) in [7, 11) is 0. The lowest BCUT2D eigenvalue weighted by molar-refractivity contribution is -0.126. The molecule has 6 heteroatoms. The quantitative estimate of drug-likeness (QED) is 0.779. The zero-order chi connectivity index (χ0) is 20.9. The van der Waals surface area contributed by atoms with Crippen molar-refractivity contribution < 1.29 is 14.3 Å². The summed E-state index contributed by atoms with van der Waals surface area (Å²) in [6.07, 6.45) is 4.11. The fourth-order valence-corrected chi connectivity index (χ4v) is 4.11. The molecule has 2 aromatic rings. The van der Waals surface area contributed by atoms with Crippen LogP contribution in [0.1, 0.15) is 39.0 Å². The molecule has 2 aliphatic heterocycles. The molecule has 2 aromatic carbocycles. The Kier molecular flexibility index (Phi) is 6.21. The maximum absolute atomic E-state index is 12.7. The average Bonchev–Trinajstić information content (AvgIpc) is 2.79. The van der Waals surface area contributed by atoms with Gasteiger partial charge in [-0.2, -0.15) is 0 Å². The number of hydrogen-bond acceptors (Lipinski definition) is 4. The lowest BCUT2D eigenvalue weighted by Gasteiger charge is -2.34. The summed E-state index contributed by atoms with van der Waals surface area (Å²) >= 11 is 0. The van der Waals surface area contributed by atoms with Gasteiger partial charge in [-0.1, -0.05) is 19.1 Å². The van der Waals surface area contributed by atoms with Gasteiger partial charge < -0.3 is 19.9 Å². The molecule has 1 unspecified atom stereocenters. The summed E-state index contributed by atoms with van der Waals surface area (Å²) in [6, 6.07) is 15.5. The SMILES string of the molecule is CCC1Oc2ccccc2N(CCC(=O)Nc2ccc(N3CCCCC3)cc2)C1=O. The minimum atomic E-state index is -0.495. The minimum Gasteiger partial charge on any atom is -0.478 e. The molecule has 2 heterocycles. The number of rotatable bonds is 6. The number of ether oxygens (including phenoxy) is 1. The number of para-hydroxylation sites is 2. The van der Waals surface area contributed by atoms with Gasteiger partial charge in [0.05, 0.1) is 5.69 Å². The molecule has 1 fully saturated rings. The highest BCUT2D eigenvalue weighted by Crippen LogP contribution is 2.34. The first-order valence-electron chi connectivity index (χ1n) is 10.9. The first-order valence-corrected chi connectivity index (χ1v) is 10.9. The van der Waals surface area contributed by atoms with Crippen molar-refractivity contribution in [2.75, 3.05) is 34.8 Å². The van der Waals surface area contributed by atoms with Gasteiger partial charge >= 0.3 is 0 Å². The molecule has 0 radical (unpaired) electrons. The van der Waals surface area contributed by atoms with E-state index in [1.54, 1.807) is 4.90 Å². The number of fused-ring (bicyclic) bond motifs is 1. The van der Waals surface area contributed by atoms with Gasteiger partial charge in [0.15, 0.2) is 6.10 Å². The van der Waals surface area contributed by atoms with E-state index in [2.05, 4.69) is 22.3 Å². The molecule has 1 saturated heterocycles. The first-order chi connectivity index (χ1) is 14.7. The lowest BCUT2D eigenvalue weighted by atomic mass is 10.1. The Labute approximate surface area is 177 Å². The Morgan fingerprint density at radius 1 is 1.07 bits per heavy atom. The highest BCUT2D eigenvalue weighted by molar-refractivity contribution is 6.01. The molecule has 4 rings (SSSR count). The van der Waals surface area contributed by atoms with Gasteiger partial charge in [-0.25, -0.2) is 0 Å². The molecule has 0 bridgehead atoms. The van der Waals surface area contributed by atoms with Crippen LogP contribution in [0.15, 0.2) is 48.5 Å². The van der Waals surface area contributed by atoms with Crippen molar-refractivity contribution in [3.8, 4) is 5.75 Å². The van der Waals surface area contributed by atoms with E-state index in [1.807, 2.05) is 43.3 Å². The van der Waals surface area contributed by atoms with Crippen LogP contribution in [-0.2, 0) is 9.59 Å². The maximum atomic E-state index is 12.7. The van der Waals surface area contributed by atoms with Crippen LogP contribution in [0.2, 0.25) is 0 Å². The van der Waals surface area contributed by atoms with Gasteiger partial charge in [0.2, 0.25) is 5.91 Å². The molecule has 0 aliphatic carbocycles. The summed E-state index contributed by atoms with van der Waals surface area (Å²) < 4.78 is 5.79. The topological polar surface area (TPSA) is 61.9 Å². The molecule has 158 valence electrons. The van der Waals surface area contributed by atoms with Crippen molar-refractivity contribution in [3.63, 3.8) is 0 Å². The molecule has 0 spiro atoms. The Morgan fingerprint density at radius 2 is 1.80 bits per heavy atom.